The van der Waals surface area contributed by atoms with Crippen molar-refractivity contribution in [3.8, 4) is 35.5 Å². The van der Waals surface area contributed by atoms with Crippen LogP contribution in [0.4, 0.5) is 0 Å². The fraction of sp³-hybridized carbons (Fsp3) is 0.545. The van der Waals surface area contributed by atoms with Crippen LogP contribution in [0.25, 0.3) is 0 Å². The molecule has 1 saturated carbocycles. The summed E-state index contributed by atoms with van der Waals surface area (Å²) in [4.78, 5) is 0. The summed E-state index contributed by atoms with van der Waals surface area (Å²) in [5.41, 5.74) is -3.45. The van der Waals surface area contributed by atoms with Crippen molar-refractivity contribution < 1.29 is 23.7 Å². The highest BCUT2D eigenvalue weighted by atomic mass is 16.7. The Bertz CT molecular complexity index is 1050. The molecule has 0 spiro atoms. The molecule has 0 amide bonds. The van der Waals surface area contributed by atoms with Gasteiger partial charge in [0.25, 0.3) is 0 Å². The van der Waals surface area contributed by atoms with Gasteiger partial charge < -0.3 is 23.7 Å². The average Bonchev–Trinajstić information content (AvgIpc) is 3.02. The van der Waals surface area contributed by atoms with E-state index in [1.807, 2.05) is 0 Å². The van der Waals surface area contributed by atoms with E-state index in [4.69, 9.17) is 29.1 Å². The van der Waals surface area contributed by atoms with E-state index in [9.17, 15) is 15.8 Å². The molecule has 9 heteroatoms. The standard InChI is InChI=1S/C22H22N4O5/c1-27-14-8-7-13(16(28-2)17(14)29-3)18-20(10-23,11-24)21(12-25)15-6-4-5-9-22(15,30-18)31-19(21)26/h7-8,15,18,26H,4-6,9H2,1-3H3. The van der Waals surface area contributed by atoms with Crippen LogP contribution in [0.15, 0.2) is 12.1 Å². The first kappa shape index (κ1) is 20.8. The van der Waals surface area contributed by atoms with Crippen molar-refractivity contribution in [3.05, 3.63) is 17.7 Å². The van der Waals surface area contributed by atoms with Gasteiger partial charge in [0.05, 0.1) is 45.5 Å². The molecule has 3 aliphatic rings. The summed E-state index contributed by atoms with van der Waals surface area (Å²) in [6, 6.07) is 9.52. The lowest BCUT2D eigenvalue weighted by molar-refractivity contribution is -0.294. The van der Waals surface area contributed by atoms with Crippen molar-refractivity contribution in [2.24, 2.45) is 16.7 Å². The highest BCUT2D eigenvalue weighted by Crippen LogP contribution is 2.70. The molecule has 2 bridgehead atoms. The third-order valence-corrected chi connectivity index (χ3v) is 6.83. The Balaban J connectivity index is 2.03. The van der Waals surface area contributed by atoms with E-state index >= 15 is 0 Å². The number of rotatable bonds is 4. The van der Waals surface area contributed by atoms with Gasteiger partial charge >= 0.3 is 0 Å². The van der Waals surface area contributed by atoms with E-state index in [1.54, 1.807) is 12.1 Å². The predicted octanol–water partition coefficient (Wildman–Crippen LogP) is 3.22. The maximum Gasteiger partial charge on any atom is 0.217 e. The summed E-state index contributed by atoms with van der Waals surface area (Å²) in [5.74, 6) is -1.32. The van der Waals surface area contributed by atoms with E-state index < -0.39 is 28.6 Å². The molecule has 2 aliphatic heterocycles. The molecule has 1 aliphatic carbocycles. The Morgan fingerprint density at radius 1 is 1.00 bits per heavy atom. The molecule has 4 rings (SSSR count). The highest BCUT2D eigenvalue weighted by Gasteiger charge is 2.80. The topological polar surface area (TPSA) is 141 Å². The molecule has 4 unspecified atom stereocenters. The van der Waals surface area contributed by atoms with Gasteiger partial charge in [0.15, 0.2) is 16.9 Å². The van der Waals surface area contributed by atoms with Crippen molar-refractivity contribution >= 4 is 5.90 Å². The molecule has 1 aromatic carbocycles. The first-order valence-corrected chi connectivity index (χ1v) is 9.93. The van der Waals surface area contributed by atoms with Gasteiger partial charge in [0.1, 0.15) is 6.10 Å². The molecule has 0 aromatic heterocycles. The largest absolute Gasteiger partial charge is 0.493 e. The van der Waals surface area contributed by atoms with Gasteiger partial charge in [-0.3, -0.25) is 5.41 Å². The fourth-order valence-electron chi connectivity index (χ4n) is 5.47. The lowest BCUT2D eigenvalue weighted by Crippen LogP contribution is -2.60. The van der Waals surface area contributed by atoms with Crippen molar-refractivity contribution in [3.63, 3.8) is 0 Å². The Kier molecular flexibility index (Phi) is 4.72. The van der Waals surface area contributed by atoms with Gasteiger partial charge in [-0.15, -0.1) is 0 Å². The number of ether oxygens (including phenoxy) is 5. The van der Waals surface area contributed by atoms with Crippen molar-refractivity contribution in [1.29, 1.82) is 21.2 Å². The number of hydrogen-bond acceptors (Lipinski definition) is 9. The third kappa shape index (κ3) is 2.29. The lowest BCUT2D eigenvalue weighted by Gasteiger charge is -2.51. The van der Waals surface area contributed by atoms with Gasteiger partial charge in [0, 0.05) is 12.0 Å². The molecular formula is C22H22N4O5. The van der Waals surface area contributed by atoms with E-state index in [0.717, 1.165) is 12.8 Å². The molecule has 9 nitrogen and oxygen atoms in total. The normalized spacial score (nSPS) is 32.5. The Hall–Kier alpha value is -3.48. The smallest absolute Gasteiger partial charge is 0.217 e. The minimum atomic E-state index is -2.03. The zero-order chi connectivity index (χ0) is 22.4. The molecule has 1 N–H and O–H groups in total. The molecule has 2 heterocycles. The first-order chi connectivity index (χ1) is 14.9. The number of nitrogens with one attached hydrogen (secondary N) is 1. The molecular weight excluding hydrogens is 400 g/mol. The number of methoxy groups -OCH3 is 3. The highest BCUT2D eigenvalue weighted by molar-refractivity contribution is 5.89. The Labute approximate surface area is 180 Å². The number of nitrogens with zero attached hydrogens (tertiary/aromatic N) is 3. The average molecular weight is 422 g/mol. The van der Waals surface area contributed by atoms with Crippen LogP contribution in [0.3, 0.4) is 0 Å². The summed E-state index contributed by atoms with van der Waals surface area (Å²) in [7, 11) is 4.36. The summed E-state index contributed by atoms with van der Waals surface area (Å²) < 4.78 is 28.7. The van der Waals surface area contributed by atoms with Crippen LogP contribution in [0.2, 0.25) is 0 Å². The number of hydrogen-bond donors (Lipinski definition) is 1. The van der Waals surface area contributed by atoms with E-state index in [-0.39, 0.29) is 17.4 Å². The summed E-state index contributed by atoms with van der Waals surface area (Å²) in [5, 5.41) is 39.6. The summed E-state index contributed by atoms with van der Waals surface area (Å²) in [6.45, 7) is 0. The Morgan fingerprint density at radius 2 is 1.71 bits per heavy atom. The zero-order valence-electron chi connectivity index (χ0n) is 17.5. The molecule has 1 aromatic rings. The van der Waals surface area contributed by atoms with Crippen molar-refractivity contribution in [1.82, 2.24) is 0 Å². The molecule has 160 valence electrons. The van der Waals surface area contributed by atoms with Crippen molar-refractivity contribution in [2.75, 3.05) is 21.3 Å². The van der Waals surface area contributed by atoms with Crippen LogP contribution in [0.5, 0.6) is 17.2 Å². The van der Waals surface area contributed by atoms with E-state index in [0.29, 0.717) is 24.2 Å². The zero-order valence-corrected chi connectivity index (χ0v) is 17.5. The monoisotopic (exact) mass is 422 g/mol. The fourth-order valence-corrected chi connectivity index (χ4v) is 5.47. The minimum Gasteiger partial charge on any atom is -0.493 e. The van der Waals surface area contributed by atoms with Gasteiger partial charge in [-0.25, -0.2) is 0 Å². The molecule has 2 saturated heterocycles. The van der Waals surface area contributed by atoms with Crippen LogP contribution in [0, 0.1) is 56.2 Å². The van der Waals surface area contributed by atoms with Gasteiger partial charge in [0.2, 0.25) is 22.8 Å². The lowest BCUT2D eigenvalue weighted by atomic mass is 9.51. The predicted molar refractivity (Wildman–Crippen MR) is 105 cm³/mol. The first-order valence-electron chi connectivity index (χ1n) is 9.93. The SMILES string of the molecule is COc1ccc(C2OC34CCCCC3C(C#N)(C(=N)O4)C2(C#N)C#N)c(OC)c1OC. The van der Waals surface area contributed by atoms with Gasteiger partial charge in [-0.2, -0.15) is 15.8 Å². The summed E-state index contributed by atoms with van der Waals surface area (Å²) >= 11 is 0. The van der Waals surface area contributed by atoms with E-state index in [1.165, 1.54) is 21.3 Å². The van der Waals surface area contributed by atoms with Gasteiger partial charge in [-0.1, -0.05) is 6.42 Å². The second kappa shape index (κ2) is 7.04. The quantitative estimate of drug-likeness (QED) is 0.779. The molecule has 4 atom stereocenters. The number of benzene rings is 1. The van der Waals surface area contributed by atoms with Crippen LogP contribution in [-0.4, -0.2) is 33.0 Å². The second-order valence-electron chi connectivity index (χ2n) is 7.91. The maximum atomic E-state index is 10.3. The van der Waals surface area contributed by atoms with Gasteiger partial charge in [-0.05, 0) is 25.0 Å². The van der Waals surface area contributed by atoms with Crippen molar-refractivity contribution in [2.45, 2.75) is 37.6 Å². The maximum absolute atomic E-state index is 10.3. The minimum absolute atomic E-state index is 0.228. The van der Waals surface area contributed by atoms with Crippen LogP contribution < -0.4 is 14.2 Å². The second-order valence-corrected chi connectivity index (χ2v) is 7.91. The van der Waals surface area contributed by atoms with E-state index in [2.05, 4.69) is 18.2 Å². The number of nitriles is 3. The third-order valence-electron chi connectivity index (χ3n) is 6.83. The summed E-state index contributed by atoms with van der Waals surface area (Å²) in [6.07, 6.45) is 1.36. The molecule has 3 fully saturated rings. The Morgan fingerprint density at radius 3 is 2.29 bits per heavy atom. The van der Waals surface area contributed by atoms with Crippen LogP contribution in [0.1, 0.15) is 37.4 Å². The van der Waals surface area contributed by atoms with Crippen LogP contribution >= 0.6 is 0 Å². The molecule has 31 heavy (non-hydrogen) atoms. The molecule has 0 radical (unpaired) electrons. The van der Waals surface area contributed by atoms with Crippen LogP contribution in [-0.2, 0) is 9.47 Å².